The van der Waals surface area contributed by atoms with Crippen molar-refractivity contribution in [3.8, 4) is 5.92 Å². The summed E-state index contributed by atoms with van der Waals surface area (Å²) in [4.78, 5) is 0. The summed E-state index contributed by atoms with van der Waals surface area (Å²) in [5, 5.41) is 0. The Labute approximate surface area is 107 Å². The van der Waals surface area contributed by atoms with Crippen LogP contribution in [0.15, 0.2) is 12.1 Å². The van der Waals surface area contributed by atoms with Gasteiger partial charge in [-0.05, 0) is 86.3 Å². The van der Waals surface area contributed by atoms with E-state index in [1.807, 2.05) is 6.07 Å². The van der Waals surface area contributed by atoms with Gasteiger partial charge in [-0.15, -0.1) is 0 Å². The third-order valence-electron chi connectivity index (χ3n) is 1.13. The summed E-state index contributed by atoms with van der Waals surface area (Å²) >= 11 is 6.73. The van der Waals surface area contributed by atoms with E-state index in [9.17, 15) is 0 Å². The van der Waals surface area contributed by atoms with Crippen LogP contribution < -0.4 is 0 Å². The summed E-state index contributed by atoms with van der Waals surface area (Å²) in [6.07, 6.45) is 7.02. The van der Waals surface area contributed by atoms with E-state index in [1.54, 1.807) is 0 Å². The standard InChI is InChI=1S/C8H2I3/c1-2-5-3-6(9)4-7(10)8(5)11/h3-4H. The Bertz CT molecular complexity index is 323. The molecule has 0 bridgehead atoms. The monoisotopic (exact) mass is 479 g/mol. The normalized spacial score (nSPS) is 9.27. The number of benzene rings is 1. The number of hydrogen-bond acceptors (Lipinski definition) is 0. The van der Waals surface area contributed by atoms with Gasteiger partial charge < -0.3 is 0 Å². The molecule has 0 aliphatic rings. The van der Waals surface area contributed by atoms with Crippen LogP contribution in [0.5, 0.6) is 0 Å². The van der Waals surface area contributed by atoms with Crippen LogP contribution in [0.1, 0.15) is 5.56 Å². The first-order valence-electron chi connectivity index (χ1n) is 2.72. The topological polar surface area (TPSA) is 0 Å². The lowest BCUT2D eigenvalue weighted by atomic mass is 10.2. The quantitative estimate of drug-likeness (QED) is 0.304. The summed E-state index contributed by atoms with van der Waals surface area (Å²) in [5.41, 5.74) is 0.877. The molecule has 1 radical (unpaired) electrons. The van der Waals surface area contributed by atoms with Gasteiger partial charge in [0.2, 0.25) is 0 Å². The molecular formula is C8H2I3. The van der Waals surface area contributed by atoms with Crippen molar-refractivity contribution in [1.82, 2.24) is 0 Å². The molecule has 0 N–H and O–H groups in total. The molecule has 1 aromatic rings. The van der Waals surface area contributed by atoms with E-state index in [4.69, 9.17) is 6.42 Å². The van der Waals surface area contributed by atoms with Crippen LogP contribution in [0.4, 0.5) is 0 Å². The molecule has 0 aromatic heterocycles. The second kappa shape index (κ2) is 4.28. The van der Waals surface area contributed by atoms with Crippen LogP contribution in [0.2, 0.25) is 0 Å². The average Bonchev–Trinajstić information content (AvgIpc) is 1.96. The zero-order chi connectivity index (χ0) is 8.43. The van der Waals surface area contributed by atoms with E-state index in [1.165, 1.54) is 3.57 Å². The molecule has 0 saturated carbocycles. The predicted molar refractivity (Wildman–Crippen MR) is 70.8 cm³/mol. The Morgan fingerprint density at radius 1 is 1.18 bits per heavy atom. The third-order valence-corrected chi connectivity index (χ3v) is 4.80. The van der Waals surface area contributed by atoms with Crippen molar-refractivity contribution in [1.29, 1.82) is 0 Å². The van der Waals surface area contributed by atoms with Crippen molar-refractivity contribution in [2.24, 2.45) is 0 Å². The van der Waals surface area contributed by atoms with Crippen LogP contribution in [0.3, 0.4) is 0 Å². The molecule has 0 nitrogen and oxygen atoms in total. The zero-order valence-electron chi connectivity index (χ0n) is 5.29. The van der Waals surface area contributed by atoms with Crippen LogP contribution in [0.25, 0.3) is 0 Å². The lowest BCUT2D eigenvalue weighted by Crippen LogP contribution is -1.87. The maximum atomic E-state index is 7.02. The Kier molecular flexibility index (Phi) is 3.91. The molecular weight excluding hydrogens is 477 g/mol. The van der Waals surface area contributed by atoms with E-state index < -0.39 is 0 Å². The minimum Gasteiger partial charge on any atom is -0.0516 e. The minimum absolute atomic E-state index is 0.877. The fourth-order valence-electron chi connectivity index (χ4n) is 0.647. The Hall–Kier alpha value is 0.970. The highest BCUT2D eigenvalue weighted by Gasteiger charge is 2.02. The van der Waals surface area contributed by atoms with Crippen molar-refractivity contribution in [3.05, 3.63) is 34.8 Å². The van der Waals surface area contributed by atoms with Crippen molar-refractivity contribution in [3.63, 3.8) is 0 Å². The Balaban J connectivity index is 3.39. The van der Waals surface area contributed by atoms with Gasteiger partial charge in [-0.2, -0.15) is 0 Å². The zero-order valence-corrected chi connectivity index (χ0v) is 11.8. The number of rotatable bonds is 0. The van der Waals surface area contributed by atoms with Crippen LogP contribution in [0, 0.1) is 23.1 Å². The number of hydrogen-bond donors (Lipinski definition) is 0. The largest absolute Gasteiger partial charge is 0.0516 e. The van der Waals surface area contributed by atoms with E-state index >= 15 is 0 Å². The highest BCUT2D eigenvalue weighted by molar-refractivity contribution is 14.1. The van der Waals surface area contributed by atoms with E-state index in [-0.39, 0.29) is 0 Å². The summed E-state index contributed by atoms with van der Waals surface area (Å²) in [6.45, 7) is 0. The van der Waals surface area contributed by atoms with Gasteiger partial charge >= 0.3 is 0 Å². The molecule has 11 heavy (non-hydrogen) atoms. The van der Waals surface area contributed by atoms with Gasteiger partial charge in [0.25, 0.3) is 0 Å². The lowest BCUT2D eigenvalue weighted by molar-refractivity contribution is 1.49. The first-order chi connectivity index (χ1) is 5.15. The Morgan fingerprint density at radius 2 is 1.82 bits per heavy atom. The second-order valence-electron chi connectivity index (χ2n) is 1.87. The predicted octanol–water partition coefficient (Wildman–Crippen LogP) is 3.44. The molecule has 0 spiro atoms. The molecule has 0 atom stereocenters. The smallest absolute Gasteiger partial charge is 0.0421 e. The van der Waals surface area contributed by atoms with Gasteiger partial charge in [0.1, 0.15) is 0 Å². The van der Waals surface area contributed by atoms with Crippen molar-refractivity contribution in [2.75, 3.05) is 0 Å². The van der Waals surface area contributed by atoms with Crippen molar-refractivity contribution >= 4 is 67.8 Å². The third kappa shape index (κ3) is 2.45. The summed E-state index contributed by atoms with van der Waals surface area (Å²) < 4.78 is 3.45. The maximum Gasteiger partial charge on any atom is 0.0421 e. The van der Waals surface area contributed by atoms with Gasteiger partial charge in [-0.3, -0.25) is 0 Å². The van der Waals surface area contributed by atoms with E-state index in [0.717, 1.165) is 12.7 Å². The van der Waals surface area contributed by atoms with Gasteiger partial charge in [0, 0.05) is 16.3 Å². The summed E-state index contributed by atoms with van der Waals surface area (Å²) in [6, 6.07) is 4.04. The molecule has 0 amide bonds. The van der Waals surface area contributed by atoms with Crippen LogP contribution in [-0.4, -0.2) is 0 Å². The van der Waals surface area contributed by atoms with E-state index in [2.05, 4.69) is 79.8 Å². The molecule has 3 heteroatoms. The first-order valence-corrected chi connectivity index (χ1v) is 5.96. The molecule has 0 heterocycles. The van der Waals surface area contributed by atoms with Crippen molar-refractivity contribution in [2.45, 2.75) is 0 Å². The van der Waals surface area contributed by atoms with Gasteiger partial charge in [-0.25, -0.2) is 0 Å². The van der Waals surface area contributed by atoms with Crippen LogP contribution >= 0.6 is 67.8 Å². The van der Waals surface area contributed by atoms with Gasteiger partial charge in [0.05, 0.1) is 0 Å². The van der Waals surface area contributed by atoms with Gasteiger partial charge in [-0.1, -0.05) is 5.92 Å². The molecule has 0 unspecified atom stereocenters. The number of halogens is 3. The molecule has 55 valence electrons. The summed E-state index contributed by atoms with van der Waals surface area (Å²) in [5.74, 6) is 2.41. The fourth-order valence-corrected chi connectivity index (χ4v) is 2.94. The molecule has 1 aromatic carbocycles. The molecule has 0 aliphatic heterocycles. The SMILES string of the molecule is [C]#Cc1cc(I)cc(I)c1I. The molecule has 0 aliphatic carbocycles. The highest BCUT2D eigenvalue weighted by atomic mass is 127. The molecule has 1 rings (SSSR count). The van der Waals surface area contributed by atoms with Crippen LogP contribution in [-0.2, 0) is 0 Å². The fraction of sp³-hybridized carbons (Fsp3) is 0. The molecule has 0 saturated heterocycles. The minimum atomic E-state index is 0.877. The lowest BCUT2D eigenvalue weighted by Gasteiger charge is -2.00. The molecule has 0 fully saturated rings. The van der Waals surface area contributed by atoms with Crippen molar-refractivity contribution < 1.29 is 0 Å². The second-order valence-corrected chi connectivity index (χ2v) is 5.36. The average molecular weight is 479 g/mol. The maximum absolute atomic E-state index is 7.02. The highest BCUT2D eigenvalue weighted by Crippen LogP contribution is 2.21. The van der Waals surface area contributed by atoms with E-state index in [0.29, 0.717) is 0 Å². The van der Waals surface area contributed by atoms with Gasteiger partial charge in [0.15, 0.2) is 0 Å². The summed E-state index contributed by atoms with van der Waals surface area (Å²) in [7, 11) is 0. The first kappa shape index (κ1) is 10.1. The Morgan fingerprint density at radius 3 is 2.36 bits per heavy atom.